The topological polar surface area (TPSA) is 80.0 Å². The van der Waals surface area contributed by atoms with Crippen LogP contribution in [-0.2, 0) is 12.7 Å². The van der Waals surface area contributed by atoms with Crippen LogP contribution in [0.1, 0.15) is 16.4 Å². The number of nitrogens with one attached hydrogen (secondary N) is 1. The molecule has 0 atom stereocenters. The maximum Gasteiger partial charge on any atom is 0.451 e. The Morgan fingerprint density at radius 1 is 1.38 bits per heavy atom. The molecule has 0 aliphatic heterocycles. The molecule has 114 valence electrons. The second-order valence-electron chi connectivity index (χ2n) is 4.29. The van der Waals surface area contributed by atoms with E-state index < -0.39 is 12.0 Å². The van der Waals surface area contributed by atoms with Crippen LogP contribution in [0.3, 0.4) is 0 Å². The number of nitrogen functional groups attached to an aromatic ring is 1. The molecule has 0 saturated carbocycles. The third kappa shape index (κ3) is 3.58. The lowest BCUT2D eigenvalue weighted by atomic mass is 10.3. The van der Waals surface area contributed by atoms with E-state index in [4.69, 9.17) is 5.84 Å². The first-order valence-electron chi connectivity index (χ1n) is 5.84. The van der Waals surface area contributed by atoms with Crippen molar-refractivity contribution in [3.05, 3.63) is 28.0 Å². The van der Waals surface area contributed by atoms with Crippen LogP contribution in [0, 0.1) is 6.92 Å². The van der Waals surface area contributed by atoms with Crippen molar-refractivity contribution in [1.82, 2.24) is 15.0 Å². The number of aromatic nitrogens is 3. The van der Waals surface area contributed by atoms with Gasteiger partial charge in [0.25, 0.3) is 0 Å². The molecule has 0 aliphatic rings. The summed E-state index contributed by atoms with van der Waals surface area (Å²) in [4.78, 5) is 13.5. The predicted octanol–water partition coefficient (Wildman–Crippen LogP) is 2.18. The molecule has 0 fully saturated rings. The summed E-state index contributed by atoms with van der Waals surface area (Å²) in [5.41, 5.74) is 4.65. The lowest BCUT2D eigenvalue weighted by molar-refractivity contribution is -0.144. The van der Waals surface area contributed by atoms with Gasteiger partial charge in [-0.1, -0.05) is 0 Å². The fourth-order valence-electron chi connectivity index (χ4n) is 1.61. The molecule has 0 spiro atoms. The normalized spacial score (nSPS) is 11.5. The molecule has 6 nitrogen and oxygen atoms in total. The van der Waals surface area contributed by atoms with Crippen LogP contribution in [0.5, 0.6) is 0 Å². The highest BCUT2D eigenvalue weighted by Crippen LogP contribution is 2.29. The number of halogens is 3. The lowest BCUT2D eigenvalue weighted by Gasteiger charge is -2.19. The van der Waals surface area contributed by atoms with Crippen LogP contribution in [0.2, 0.25) is 0 Å². The maximum absolute atomic E-state index is 12.8. The van der Waals surface area contributed by atoms with Gasteiger partial charge < -0.3 is 10.3 Å². The maximum atomic E-state index is 12.8. The molecule has 0 unspecified atom stereocenters. The van der Waals surface area contributed by atoms with Crippen molar-refractivity contribution >= 4 is 23.0 Å². The van der Waals surface area contributed by atoms with E-state index in [2.05, 4.69) is 20.4 Å². The molecular formula is C11H13F3N6S. The van der Waals surface area contributed by atoms with Gasteiger partial charge in [-0.15, -0.1) is 11.3 Å². The molecule has 2 aromatic rings. The first kappa shape index (κ1) is 15.4. The van der Waals surface area contributed by atoms with Gasteiger partial charge in [-0.05, 0) is 6.92 Å². The van der Waals surface area contributed by atoms with Gasteiger partial charge in [0.15, 0.2) is 0 Å². The molecule has 0 radical (unpaired) electrons. The van der Waals surface area contributed by atoms with E-state index in [9.17, 15) is 13.2 Å². The minimum atomic E-state index is -4.64. The van der Waals surface area contributed by atoms with Crippen molar-refractivity contribution < 1.29 is 13.2 Å². The number of alkyl halides is 3. The fraction of sp³-hybridized carbons (Fsp3) is 0.364. The van der Waals surface area contributed by atoms with Crippen molar-refractivity contribution in [3.8, 4) is 0 Å². The van der Waals surface area contributed by atoms with Crippen molar-refractivity contribution in [1.29, 1.82) is 0 Å². The summed E-state index contributed by atoms with van der Waals surface area (Å²) in [6, 6.07) is 1.35. The monoisotopic (exact) mass is 318 g/mol. The quantitative estimate of drug-likeness (QED) is 0.664. The van der Waals surface area contributed by atoms with Crippen LogP contribution < -0.4 is 16.2 Å². The number of nitrogens with two attached hydrogens (primary N) is 1. The van der Waals surface area contributed by atoms with Gasteiger partial charge in [0.05, 0.1) is 17.7 Å². The standard InChI is InChI=1S/C11H13F3N6S/c1-6-7(21-5-16-6)4-20(2)9-3-8(19-15)17-10(18-9)11(12,13)14/h3,5H,4,15H2,1-2H3,(H,17,18,19). The third-order valence-corrected chi connectivity index (χ3v) is 3.65. The lowest BCUT2D eigenvalue weighted by Crippen LogP contribution is -2.22. The number of anilines is 2. The highest BCUT2D eigenvalue weighted by atomic mass is 32.1. The summed E-state index contributed by atoms with van der Waals surface area (Å²) < 4.78 is 38.3. The summed E-state index contributed by atoms with van der Waals surface area (Å²) in [6.45, 7) is 2.24. The molecule has 0 aliphatic carbocycles. The number of hydrogen-bond donors (Lipinski definition) is 2. The first-order chi connectivity index (χ1) is 9.81. The summed E-state index contributed by atoms with van der Waals surface area (Å²) in [7, 11) is 1.64. The Morgan fingerprint density at radius 2 is 2.10 bits per heavy atom. The van der Waals surface area contributed by atoms with E-state index >= 15 is 0 Å². The van der Waals surface area contributed by atoms with Gasteiger partial charge in [-0.3, -0.25) is 0 Å². The van der Waals surface area contributed by atoms with Gasteiger partial charge in [0.2, 0.25) is 5.82 Å². The summed E-state index contributed by atoms with van der Waals surface area (Å²) in [5.74, 6) is 3.95. The van der Waals surface area contributed by atoms with Crippen LogP contribution in [0.15, 0.2) is 11.6 Å². The van der Waals surface area contributed by atoms with Crippen molar-refractivity contribution in [3.63, 3.8) is 0 Å². The van der Waals surface area contributed by atoms with Gasteiger partial charge in [-0.25, -0.2) is 20.8 Å². The van der Waals surface area contributed by atoms with Gasteiger partial charge in [0, 0.05) is 18.0 Å². The number of aryl methyl sites for hydroxylation is 1. The highest BCUT2D eigenvalue weighted by Gasteiger charge is 2.35. The average Bonchev–Trinajstić information content (AvgIpc) is 2.82. The molecule has 3 N–H and O–H groups in total. The number of hydrazine groups is 1. The number of nitrogens with zero attached hydrogens (tertiary/aromatic N) is 4. The second-order valence-corrected chi connectivity index (χ2v) is 5.23. The average molecular weight is 318 g/mol. The van der Waals surface area contributed by atoms with Gasteiger partial charge in [-0.2, -0.15) is 13.2 Å². The van der Waals surface area contributed by atoms with E-state index in [0.29, 0.717) is 6.54 Å². The summed E-state index contributed by atoms with van der Waals surface area (Å²) in [5, 5.41) is 0. The summed E-state index contributed by atoms with van der Waals surface area (Å²) in [6.07, 6.45) is -4.64. The molecule has 2 heterocycles. The van der Waals surface area contributed by atoms with E-state index in [1.165, 1.54) is 17.4 Å². The predicted molar refractivity (Wildman–Crippen MR) is 73.8 cm³/mol. The second kappa shape index (κ2) is 5.82. The fourth-order valence-corrected chi connectivity index (χ4v) is 2.43. The zero-order valence-corrected chi connectivity index (χ0v) is 12.1. The minimum Gasteiger partial charge on any atom is -0.354 e. The van der Waals surface area contributed by atoms with E-state index in [1.54, 1.807) is 17.5 Å². The Bertz CT molecular complexity index is 627. The molecular weight excluding hydrogens is 305 g/mol. The van der Waals surface area contributed by atoms with Gasteiger partial charge in [0.1, 0.15) is 11.6 Å². The number of thiazole rings is 1. The number of rotatable bonds is 4. The highest BCUT2D eigenvalue weighted by molar-refractivity contribution is 7.09. The Morgan fingerprint density at radius 3 is 2.62 bits per heavy atom. The van der Waals surface area contributed by atoms with Crippen LogP contribution in [-0.4, -0.2) is 22.0 Å². The molecule has 0 amide bonds. The number of hydrogen-bond acceptors (Lipinski definition) is 7. The molecule has 0 aromatic carbocycles. The third-order valence-electron chi connectivity index (χ3n) is 2.73. The molecule has 0 saturated heterocycles. The van der Waals surface area contributed by atoms with Crippen LogP contribution >= 0.6 is 11.3 Å². The zero-order valence-electron chi connectivity index (χ0n) is 11.3. The molecule has 10 heteroatoms. The molecule has 2 aromatic heterocycles. The Hall–Kier alpha value is -1.94. The Labute approximate surface area is 122 Å². The van der Waals surface area contributed by atoms with E-state index in [0.717, 1.165) is 10.6 Å². The molecule has 2 rings (SSSR count). The van der Waals surface area contributed by atoms with Crippen LogP contribution in [0.4, 0.5) is 24.8 Å². The van der Waals surface area contributed by atoms with E-state index in [-0.39, 0.29) is 11.6 Å². The Balaban J connectivity index is 2.32. The Kier molecular flexibility index (Phi) is 4.28. The molecule has 0 bridgehead atoms. The van der Waals surface area contributed by atoms with Crippen molar-refractivity contribution in [2.24, 2.45) is 5.84 Å². The van der Waals surface area contributed by atoms with Crippen molar-refractivity contribution in [2.75, 3.05) is 17.4 Å². The minimum absolute atomic E-state index is 0.0970. The first-order valence-corrected chi connectivity index (χ1v) is 6.72. The summed E-state index contributed by atoms with van der Waals surface area (Å²) >= 11 is 1.43. The van der Waals surface area contributed by atoms with E-state index in [1.807, 2.05) is 6.92 Å². The van der Waals surface area contributed by atoms with Crippen LogP contribution in [0.25, 0.3) is 0 Å². The SMILES string of the molecule is Cc1ncsc1CN(C)c1cc(NN)nc(C(F)(F)F)n1. The van der Waals surface area contributed by atoms with Crippen molar-refractivity contribution in [2.45, 2.75) is 19.6 Å². The molecule has 21 heavy (non-hydrogen) atoms. The van der Waals surface area contributed by atoms with Gasteiger partial charge >= 0.3 is 6.18 Å². The zero-order chi connectivity index (χ0) is 15.6. The largest absolute Gasteiger partial charge is 0.451 e. The smallest absolute Gasteiger partial charge is 0.354 e.